The Hall–Kier alpha value is -2.68. The van der Waals surface area contributed by atoms with Gasteiger partial charge in [0.2, 0.25) is 5.91 Å². The molecule has 1 atom stereocenters. The highest BCUT2D eigenvalue weighted by molar-refractivity contribution is 8.26. The number of unbranched alkanes of at least 4 members (excludes halogenated alkanes) is 1. The van der Waals surface area contributed by atoms with Gasteiger partial charge in [0, 0.05) is 22.8 Å². The molecule has 0 aromatic heterocycles. The number of fused-ring (bicyclic) bond motifs is 1. The van der Waals surface area contributed by atoms with E-state index in [1.165, 1.54) is 16.7 Å². The summed E-state index contributed by atoms with van der Waals surface area (Å²) in [6, 6.07) is 14.0. The molecule has 2 aliphatic heterocycles. The van der Waals surface area contributed by atoms with E-state index in [2.05, 4.69) is 19.2 Å². The van der Waals surface area contributed by atoms with E-state index >= 15 is 0 Å². The molecule has 1 unspecified atom stereocenters. The molecule has 1 fully saturated rings. The van der Waals surface area contributed by atoms with Gasteiger partial charge < -0.3 is 5.32 Å². The van der Waals surface area contributed by atoms with Crippen molar-refractivity contribution in [3.8, 4) is 0 Å². The lowest BCUT2D eigenvalue weighted by molar-refractivity contribution is -0.123. The second kappa shape index (κ2) is 11.6. The summed E-state index contributed by atoms with van der Waals surface area (Å²) in [4.78, 5) is 43.3. The van der Waals surface area contributed by atoms with Crippen molar-refractivity contribution in [2.45, 2.75) is 39.5 Å². The maximum absolute atomic E-state index is 13.6. The van der Waals surface area contributed by atoms with Gasteiger partial charge in [-0.2, -0.15) is 0 Å². The van der Waals surface area contributed by atoms with Crippen LogP contribution in [0.5, 0.6) is 0 Å². The first-order valence-corrected chi connectivity index (χ1v) is 13.7. The molecule has 36 heavy (non-hydrogen) atoms. The first kappa shape index (κ1) is 26.4. The Morgan fingerprint density at radius 1 is 1.08 bits per heavy atom. The Kier molecular flexibility index (Phi) is 8.49. The Balaban J connectivity index is 1.59. The lowest BCUT2D eigenvalue weighted by atomic mass is 9.98. The van der Waals surface area contributed by atoms with E-state index in [1.807, 2.05) is 12.1 Å². The third-order valence-electron chi connectivity index (χ3n) is 6.39. The fourth-order valence-electron chi connectivity index (χ4n) is 4.45. The number of hydrogen-bond donors (Lipinski definition) is 1. The van der Waals surface area contributed by atoms with E-state index in [1.54, 1.807) is 41.3 Å². The Labute approximate surface area is 226 Å². The normalized spacial score (nSPS) is 18.1. The van der Waals surface area contributed by atoms with Crippen LogP contribution in [0.15, 0.2) is 53.4 Å². The van der Waals surface area contributed by atoms with E-state index in [-0.39, 0.29) is 24.3 Å². The first-order valence-electron chi connectivity index (χ1n) is 12.1. The summed E-state index contributed by atoms with van der Waals surface area (Å²) in [5, 5.41) is 3.28. The van der Waals surface area contributed by atoms with Crippen LogP contribution in [0.1, 0.15) is 45.1 Å². The molecule has 2 aliphatic rings. The Morgan fingerprint density at radius 2 is 1.86 bits per heavy atom. The summed E-state index contributed by atoms with van der Waals surface area (Å²) >= 11 is 12.7. The third-order valence-corrected chi connectivity index (χ3v) is 8.08. The van der Waals surface area contributed by atoms with Gasteiger partial charge in [-0.25, -0.2) is 0 Å². The summed E-state index contributed by atoms with van der Waals surface area (Å²) in [5.74, 6) is -0.620. The third kappa shape index (κ3) is 5.51. The van der Waals surface area contributed by atoms with Crippen molar-refractivity contribution >= 4 is 74.6 Å². The van der Waals surface area contributed by atoms with Crippen molar-refractivity contribution in [3.63, 3.8) is 0 Å². The highest BCUT2D eigenvalue weighted by atomic mass is 35.5. The smallest absolute Gasteiger partial charge is 0.267 e. The molecule has 1 saturated heterocycles. The van der Waals surface area contributed by atoms with Gasteiger partial charge in [-0.05, 0) is 36.6 Å². The SMILES string of the molecule is CCCCC(CC)CN1C(=O)C(=C2C(=O)N(CC(=O)Nc3cccc(Cl)c3)c3ccccc32)SC1=S. The molecule has 2 aromatic carbocycles. The van der Waals surface area contributed by atoms with Crippen molar-refractivity contribution in [2.75, 3.05) is 23.3 Å². The first-order chi connectivity index (χ1) is 17.3. The molecule has 3 amide bonds. The molecule has 0 saturated carbocycles. The van der Waals surface area contributed by atoms with Gasteiger partial charge in [0.15, 0.2) is 0 Å². The summed E-state index contributed by atoms with van der Waals surface area (Å²) in [6.45, 7) is 4.64. The predicted molar refractivity (Wildman–Crippen MR) is 151 cm³/mol. The molecule has 0 radical (unpaired) electrons. The zero-order valence-corrected chi connectivity index (χ0v) is 22.6. The molecule has 2 heterocycles. The molecule has 6 nitrogen and oxygen atoms in total. The molecule has 0 spiro atoms. The van der Waals surface area contributed by atoms with Gasteiger partial charge in [-0.15, -0.1) is 0 Å². The topological polar surface area (TPSA) is 69.7 Å². The number of halogens is 1. The van der Waals surface area contributed by atoms with Gasteiger partial charge in [0.1, 0.15) is 10.9 Å². The second-order valence-corrected chi connectivity index (χ2v) is 11.0. The highest BCUT2D eigenvalue weighted by Gasteiger charge is 2.42. The molecule has 4 rings (SSSR count). The fourth-order valence-corrected chi connectivity index (χ4v) is 5.99. The van der Waals surface area contributed by atoms with Crippen LogP contribution in [0.3, 0.4) is 0 Å². The van der Waals surface area contributed by atoms with Crippen LogP contribution in [0.4, 0.5) is 11.4 Å². The lowest BCUT2D eigenvalue weighted by Crippen LogP contribution is -2.36. The molecule has 2 aromatic rings. The maximum atomic E-state index is 13.6. The van der Waals surface area contributed by atoms with E-state index in [9.17, 15) is 14.4 Å². The number of thioether (sulfide) groups is 1. The number of hydrogen-bond acceptors (Lipinski definition) is 5. The average Bonchev–Trinajstić information content (AvgIpc) is 3.28. The molecule has 188 valence electrons. The summed E-state index contributed by atoms with van der Waals surface area (Å²) < 4.78 is 0.472. The van der Waals surface area contributed by atoms with Gasteiger partial charge >= 0.3 is 0 Å². The van der Waals surface area contributed by atoms with Crippen molar-refractivity contribution in [2.24, 2.45) is 5.92 Å². The van der Waals surface area contributed by atoms with Crippen LogP contribution < -0.4 is 10.2 Å². The predicted octanol–water partition coefficient (Wildman–Crippen LogP) is 6.11. The fraction of sp³-hybridized carbons (Fsp3) is 0.333. The zero-order valence-electron chi connectivity index (χ0n) is 20.3. The largest absolute Gasteiger partial charge is 0.324 e. The number of benzene rings is 2. The van der Waals surface area contributed by atoms with Crippen molar-refractivity contribution in [3.05, 3.63) is 64.0 Å². The molecular weight excluding hydrogens is 514 g/mol. The minimum atomic E-state index is -0.379. The van der Waals surface area contributed by atoms with Crippen LogP contribution in [0.25, 0.3) is 5.57 Å². The van der Waals surface area contributed by atoms with Crippen molar-refractivity contribution < 1.29 is 14.4 Å². The molecule has 0 bridgehead atoms. The average molecular weight is 542 g/mol. The van der Waals surface area contributed by atoms with Crippen LogP contribution >= 0.6 is 35.6 Å². The van der Waals surface area contributed by atoms with Crippen LogP contribution in [-0.4, -0.2) is 40.0 Å². The molecular formula is C27H28ClN3O3S2. The number of amides is 3. The van der Waals surface area contributed by atoms with E-state index in [0.717, 1.165) is 25.7 Å². The monoisotopic (exact) mass is 541 g/mol. The van der Waals surface area contributed by atoms with Crippen molar-refractivity contribution in [1.29, 1.82) is 0 Å². The number of para-hydroxylation sites is 1. The van der Waals surface area contributed by atoms with Crippen molar-refractivity contribution in [1.82, 2.24) is 4.90 Å². The second-order valence-electron chi connectivity index (χ2n) is 8.87. The van der Waals surface area contributed by atoms with Crippen LogP contribution in [0.2, 0.25) is 5.02 Å². The molecule has 9 heteroatoms. The Morgan fingerprint density at radius 3 is 2.58 bits per heavy atom. The zero-order chi connectivity index (χ0) is 25.8. The summed E-state index contributed by atoms with van der Waals surface area (Å²) in [5.41, 5.74) is 2.08. The minimum Gasteiger partial charge on any atom is -0.324 e. The van der Waals surface area contributed by atoms with Gasteiger partial charge in [0.25, 0.3) is 11.8 Å². The van der Waals surface area contributed by atoms with Gasteiger partial charge in [0.05, 0.1) is 16.2 Å². The number of carbonyl (C=O) groups is 3. The minimum absolute atomic E-state index is 0.193. The molecule has 1 N–H and O–H groups in total. The number of nitrogens with one attached hydrogen (secondary N) is 1. The standard InChI is InChI=1S/C27H28ClN3O3S2/c1-3-5-9-17(4-2)15-31-26(34)24(36-27(31)35)23-20-12-6-7-13-21(20)30(25(23)33)16-22(32)29-19-11-8-10-18(28)14-19/h6-8,10-14,17H,3-5,9,15-16H2,1-2H3,(H,29,32). The maximum Gasteiger partial charge on any atom is 0.267 e. The number of nitrogens with zero attached hydrogens (tertiary/aromatic N) is 2. The molecule has 0 aliphatic carbocycles. The van der Waals surface area contributed by atoms with E-state index in [4.69, 9.17) is 23.8 Å². The quantitative estimate of drug-likeness (QED) is 0.306. The summed E-state index contributed by atoms with van der Waals surface area (Å²) in [7, 11) is 0. The van der Waals surface area contributed by atoms with Crippen LogP contribution in [-0.2, 0) is 14.4 Å². The number of anilines is 2. The highest BCUT2D eigenvalue weighted by Crippen LogP contribution is 2.44. The van der Waals surface area contributed by atoms with Gasteiger partial charge in [-0.1, -0.05) is 93.0 Å². The van der Waals surface area contributed by atoms with Crippen LogP contribution in [0, 0.1) is 5.92 Å². The van der Waals surface area contributed by atoms with E-state index in [0.29, 0.717) is 49.2 Å². The van der Waals surface area contributed by atoms with Gasteiger partial charge in [-0.3, -0.25) is 24.2 Å². The Bertz CT molecular complexity index is 1250. The number of rotatable bonds is 9. The van der Waals surface area contributed by atoms with E-state index < -0.39 is 0 Å². The summed E-state index contributed by atoms with van der Waals surface area (Å²) in [6.07, 6.45) is 4.20. The number of thiocarbonyl (C=S) groups is 1. The lowest BCUT2D eigenvalue weighted by Gasteiger charge is -2.21. The number of carbonyl (C=O) groups excluding carboxylic acids is 3.